The Morgan fingerprint density at radius 3 is 2.36 bits per heavy atom. The normalized spacial score (nSPS) is 20.1. The molecule has 1 aliphatic heterocycles. The zero-order valence-electron chi connectivity index (χ0n) is 14.9. The average Bonchev–Trinajstić information content (AvgIpc) is 2.57. The highest BCUT2D eigenvalue weighted by Gasteiger charge is 2.28. The van der Waals surface area contributed by atoms with Gasteiger partial charge in [-0.05, 0) is 70.2 Å². The van der Waals surface area contributed by atoms with Crippen molar-refractivity contribution < 1.29 is 4.39 Å². The van der Waals surface area contributed by atoms with Gasteiger partial charge in [-0.2, -0.15) is 0 Å². The van der Waals surface area contributed by atoms with Crippen LogP contribution in [0.15, 0.2) is 24.3 Å². The maximum absolute atomic E-state index is 13.0. The number of hydrogen-bond donors (Lipinski definition) is 1. The molecule has 1 saturated heterocycles. The largest absolute Gasteiger partial charge is 0.393 e. The Bertz CT molecular complexity index is 810. The Morgan fingerprint density at radius 1 is 1.08 bits per heavy atom. The van der Waals surface area contributed by atoms with Gasteiger partial charge in [-0.1, -0.05) is 5.92 Å². The van der Waals surface area contributed by atoms with Crippen LogP contribution in [0.3, 0.4) is 0 Å². The molecule has 0 bridgehead atoms. The molecule has 25 heavy (non-hydrogen) atoms. The number of nitrogen functional groups attached to an aromatic ring is 1. The third kappa shape index (κ3) is 3.74. The van der Waals surface area contributed by atoms with Crippen LogP contribution in [0.5, 0.6) is 0 Å². The summed E-state index contributed by atoms with van der Waals surface area (Å²) in [6, 6.07) is 6.84. The van der Waals surface area contributed by atoms with E-state index in [1.807, 2.05) is 6.92 Å². The number of nitrogens with two attached hydrogens (primary N) is 1. The van der Waals surface area contributed by atoms with E-state index in [9.17, 15) is 4.39 Å². The van der Waals surface area contributed by atoms with E-state index in [0.717, 1.165) is 24.2 Å². The molecule has 1 aromatic carbocycles. The predicted molar refractivity (Wildman–Crippen MR) is 98.8 cm³/mol. The first-order valence-electron chi connectivity index (χ1n) is 8.65. The van der Waals surface area contributed by atoms with Crippen molar-refractivity contribution in [1.82, 2.24) is 9.97 Å². The molecule has 3 rings (SSSR count). The molecule has 0 aliphatic carbocycles. The van der Waals surface area contributed by atoms with E-state index in [1.54, 1.807) is 12.1 Å². The van der Waals surface area contributed by atoms with Gasteiger partial charge in [0, 0.05) is 17.6 Å². The lowest BCUT2D eigenvalue weighted by Crippen LogP contribution is -2.44. The summed E-state index contributed by atoms with van der Waals surface area (Å²) < 4.78 is 13.0. The molecule has 4 nitrogen and oxygen atoms in total. The molecule has 130 valence electrons. The second-order valence-corrected chi connectivity index (χ2v) is 6.65. The first-order valence-corrected chi connectivity index (χ1v) is 8.65. The number of nitrogens with zero attached hydrogens (tertiary/aromatic N) is 3. The van der Waals surface area contributed by atoms with Gasteiger partial charge in [0.2, 0.25) is 0 Å². The standard InChI is InChI=1S/C20H23FN4/c1-13-5-4-6-14(2)25(13)20-19(22)18(23-15(3)24-20)12-9-16-7-10-17(21)11-8-16/h7-8,10-11,13-14H,4-6,22H2,1-3H3. The number of rotatable bonds is 1. The minimum absolute atomic E-state index is 0.279. The van der Waals surface area contributed by atoms with Crippen LogP contribution in [0.25, 0.3) is 0 Å². The fourth-order valence-electron chi connectivity index (χ4n) is 3.36. The molecule has 2 aromatic rings. The molecule has 2 heterocycles. The second-order valence-electron chi connectivity index (χ2n) is 6.65. The minimum Gasteiger partial charge on any atom is -0.393 e. The van der Waals surface area contributed by atoms with Gasteiger partial charge in [0.25, 0.3) is 0 Å². The zero-order chi connectivity index (χ0) is 18.0. The Balaban J connectivity index is 1.99. The van der Waals surface area contributed by atoms with Crippen molar-refractivity contribution in [2.45, 2.75) is 52.1 Å². The predicted octanol–water partition coefficient (Wildman–Crippen LogP) is 3.67. The van der Waals surface area contributed by atoms with Gasteiger partial charge in [-0.15, -0.1) is 0 Å². The lowest BCUT2D eigenvalue weighted by atomic mass is 9.97. The fraction of sp³-hybridized carbons (Fsp3) is 0.400. The van der Waals surface area contributed by atoms with Crippen molar-refractivity contribution in [3.8, 4) is 11.8 Å². The zero-order valence-corrected chi connectivity index (χ0v) is 14.9. The number of halogens is 1. The van der Waals surface area contributed by atoms with Crippen molar-refractivity contribution in [3.05, 3.63) is 47.2 Å². The maximum Gasteiger partial charge on any atom is 0.157 e. The summed E-state index contributed by atoms with van der Waals surface area (Å²) in [6.07, 6.45) is 3.48. The number of hydrogen-bond acceptors (Lipinski definition) is 4. The van der Waals surface area contributed by atoms with Gasteiger partial charge in [-0.25, -0.2) is 14.4 Å². The van der Waals surface area contributed by atoms with Gasteiger partial charge < -0.3 is 10.6 Å². The lowest BCUT2D eigenvalue weighted by molar-refractivity contribution is 0.411. The second kappa shape index (κ2) is 7.10. The molecule has 0 saturated carbocycles. The van der Waals surface area contributed by atoms with Crippen molar-refractivity contribution in [3.63, 3.8) is 0 Å². The Kier molecular flexibility index (Phi) is 4.89. The van der Waals surface area contributed by atoms with Crippen LogP contribution in [0, 0.1) is 24.6 Å². The molecule has 0 spiro atoms. The van der Waals surface area contributed by atoms with E-state index in [4.69, 9.17) is 5.73 Å². The Hall–Kier alpha value is -2.61. The fourth-order valence-corrected chi connectivity index (χ4v) is 3.36. The van der Waals surface area contributed by atoms with Gasteiger partial charge in [0.05, 0.1) is 0 Å². The smallest absolute Gasteiger partial charge is 0.157 e. The molecule has 2 atom stereocenters. The average molecular weight is 338 g/mol. The molecule has 0 radical (unpaired) electrons. The maximum atomic E-state index is 13.0. The monoisotopic (exact) mass is 338 g/mol. The number of aryl methyl sites for hydroxylation is 1. The molecule has 2 unspecified atom stereocenters. The van der Waals surface area contributed by atoms with E-state index < -0.39 is 0 Å². The highest BCUT2D eigenvalue weighted by atomic mass is 19.1. The van der Waals surface area contributed by atoms with Crippen molar-refractivity contribution in [2.24, 2.45) is 0 Å². The third-order valence-corrected chi connectivity index (χ3v) is 4.64. The number of benzene rings is 1. The highest BCUT2D eigenvalue weighted by molar-refractivity contribution is 5.70. The quantitative estimate of drug-likeness (QED) is 0.806. The van der Waals surface area contributed by atoms with Crippen molar-refractivity contribution >= 4 is 11.5 Å². The molecule has 1 aromatic heterocycles. The SMILES string of the molecule is Cc1nc(C#Cc2ccc(F)cc2)c(N)c(N2C(C)CCCC2C)n1. The minimum atomic E-state index is -0.279. The summed E-state index contributed by atoms with van der Waals surface area (Å²) in [6.45, 7) is 6.26. The van der Waals surface area contributed by atoms with E-state index in [2.05, 4.69) is 40.6 Å². The summed E-state index contributed by atoms with van der Waals surface area (Å²) >= 11 is 0. The van der Waals surface area contributed by atoms with Crippen molar-refractivity contribution in [2.75, 3.05) is 10.6 Å². The van der Waals surface area contributed by atoms with E-state index in [-0.39, 0.29) is 5.82 Å². The van der Waals surface area contributed by atoms with Gasteiger partial charge in [0.15, 0.2) is 5.82 Å². The van der Waals surface area contributed by atoms with E-state index in [1.165, 1.54) is 18.6 Å². The first kappa shape index (κ1) is 17.2. The van der Waals surface area contributed by atoms with Gasteiger partial charge in [0.1, 0.15) is 23.0 Å². The van der Waals surface area contributed by atoms with Crippen LogP contribution in [-0.2, 0) is 0 Å². The van der Waals surface area contributed by atoms with Crippen LogP contribution >= 0.6 is 0 Å². The van der Waals surface area contributed by atoms with Crippen LogP contribution in [-0.4, -0.2) is 22.1 Å². The molecular weight excluding hydrogens is 315 g/mol. The summed E-state index contributed by atoms with van der Waals surface area (Å²) in [5, 5.41) is 0. The highest BCUT2D eigenvalue weighted by Crippen LogP contribution is 2.32. The third-order valence-electron chi connectivity index (χ3n) is 4.64. The van der Waals surface area contributed by atoms with E-state index >= 15 is 0 Å². The van der Waals surface area contributed by atoms with Crippen molar-refractivity contribution in [1.29, 1.82) is 0 Å². The summed E-state index contributed by atoms with van der Waals surface area (Å²) in [5.41, 5.74) is 8.13. The first-order chi connectivity index (χ1) is 12.0. The molecular formula is C20H23FN4. The number of anilines is 2. The van der Waals surface area contributed by atoms with Gasteiger partial charge in [-0.3, -0.25) is 0 Å². The van der Waals surface area contributed by atoms with Crippen LogP contribution in [0.2, 0.25) is 0 Å². The topological polar surface area (TPSA) is 55.0 Å². The summed E-state index contributed by atoms with van der Waals surface area (Å²) in [4.78, 5) is 11.3. The number of piperidine rings is 1. The lowest BCUT2D eigenvalue weighted by Gasteiger charge is -2.40. The molecule has 0 amide bonds. The summed E-state index contributed by atoms with van der Waals surface area (Å²) in [5.74, 6) is 7.17. The Labute approximate surface area is 148 Å². The van der Waals surface area contributed by atoms with Gasteiger partial charge >= 0.3 is 0 Å². The van der Waals surface area contributed by atoms with Crippen LogP contribution in [0.4, 0.5) is 15.9 Å². The summed E-state index contributed by atoms with van der Waals surface area (Å²) in [7, 11) is 0. The molecule has 5 heteroatoms. The number of aromatic nitrogens is 2. The van der Waals surface area contributed by atoms with E-state index in [0.29, 0.717) is 29.3 Å². The van der Waals surface area contributed by atoms with Crippen LogP contribution < -0.4 is 10.6 Å². The molecule has 1 fully saturated rings. The molecule has 2 N–H and O–H groups in total. The molecule has 1 aliphatic rings. The Morgan fingerprint density at radius 2 is 1.72 bits per heavy atom. The van der Waals surface area contributed by atoms with Crippen LogP contribution in [0.1, 0.15) is 50.2 Å².